The minimum absolute atomic E-state index is 0.805. The van der Waals surface area contributed by atoms with Crippen LogP contribution in [0.25, 0.3) is 0 Å². The summed E-state index contributed by atoms with van der Waals surface area (Å²) in [6.07, 6.45) is 3.55. The van der Waals surface area contributed by atoms with E-state index in [2.05, 4.69) is 28.5 Å². The van der Waals surface area contributed by atoms with Crippen molar-refractivity contribution in [3.8, 4) is 0 Å². The Morgan fingerprint density at radius 3 is 3.00 bits per heavy atom. The second-order valence-electron chi connectivity index (χ2n) is 3.06. The highest BCUT2D eigenvalue weighted by atomic mass is 32.1. The predicted molar refractivity (Wildman–Crippen MR) is 64.5 cm³/mol. The largest absolute Gasteiger partial charge is 0.253 e. The summed E-state index contributed by atoms with van der Waals surface area (Å²) in [6.45, 7) is 2.06. The van der Waals surface area contributed by atoms with E-state index in [9.17, 15) is 0 Å². The first-order valence-electron chi connectivity index (χ1n) is 4.60. The molecule has 0 amide bonds. The lowest BCUT2D eigenvalue weighted by molar-refractivity contribution is 1.28. The van der Waals surface area contributed by atoms with E-state index in [0.717, 1.165) is 10.7 Å². The Bertz CT molecular complexity index is 449. The van der Waals surface area contributed by atoms with Crippen molar-refractivity contribution in [2.24, 2.45) is 5.10 Å². The second-order valence-corrected chi connectivity index (χ2v) is 3.96. The van der Waals surface area contributed by atoms with Crippen LogP contribution in [-0.4, -0.2) is 11.2 Å². The number of hydrogen-bond acceptors (Lipinski definition) is 4. The average molecular weight is 217 g/mol. The normalized spacial score (nSPS) is 10.7. The van der Waals surface area contributed by atoms with Crippen molar-refractivity contribution in [3.05, 3.63) is 47.0 Å². The standard InChI is InChI=1S/C11H11N3S/c1-9-4-2-3-5-10(9)8-13-14-11-12-6-7-15-11/h2-8H,1H3,(H,12,14)/b13-8-. The second kappa shape index (κ2) is 4.70. The van der Waals surface area contributed by atoms with Crippen LogP contribution in [0.15, 0.2) is 40.9 Å². The minimum atomic E-state index is 0.805. The van der Waals surface area contributed by atoms with Crippen LogP contribution >= 0.6 is 11.3 Å². The molecule has 0 radical (unpaired) electrons. The van der Waals surface area contributed by atoms with Crippen molar-refractivity contribution in [1.29, 1.82) is 0 Å². The van der Waals surface area contributed by atoms with E-state index in [4.69, 9.17) is 0 Å². The van der Waals surface area contributed by atoms with Gasteiger partial charge in [0.05, 0.1) is 6.21 Å². The molecule has 2 aromatic rings. The first-order valence-corrected chi connectivity index (χ1v) is 5.48. The molecule has 1 aromatic heterocycles. The predicted octanol–water partition coefficient (Wildman–Crippen LogP) is 2.90. The molecule has 0 unspecified atom stereocenters. The third kappa shape index (κ3) is 2.63. The third-order valence-corrected chi connectivity index (χ3v) is 2.66. The van der Waals surface area contributed by atoms with Crippen molar-refractivity contribution in [2.45, 2.75) is 6.92 Å². The van der Waals surface area contributed by atoms with Gasteiger partial charge in [-0.2, -0.15) is 5.10 Å². The monoisotopic (exact) mass is 217 g/mol. The molecule has 1 N–H and O–H groups in total. The molecular formula is C11H11N3S. The van der Waals surface area contributed by atoms with Gasteiger partial charge in [0.25, 0.3) is 0 Å². The summed E-state index contributed by atoms with van der Waals surface area (Å²) < 4.78 is 0. The van der Waals surface area contributed by atoms with E-state index in [1.807, 2.05) is 23.6 Å². The van der Waals surface area contributed by atoms with Gasteiger partial charge in [-0.25, -0.2) is 4.98 Å². The quantitative estimate of drug-likeness (QED) is 0.634. The Balaban J connectivity index is 2.03. The van der Waals surface area contributed by atoms with Gasteiger partial charge in [-0.05, 0) is 18.1 Å². The van der Waals surface area contributed by atoms with Crippen LogP contribution in [0.5, 0.6) is 0 Å². The molecular weight excluding hydrogens is 206 g/mol. The maximum atomic E-state index is 4.12. The minimum Gasteiger partial charge on any atom is -0.253 e. The van der Waals surface area contributed by atoms with Crippen molar-refractivity contribution in [2.75, 3.05) is 5.43 Å². The van der Waals surface area contributed by atoms with E-state index in [-0.39, 0.29) is 0 Å². The number of thiazole rings is 1. The molecule has 0 bridgehead atoms. The molecule has 1 heterocycles. The molecule has 0 aliphatic carbocycles. The zero-order valence-electron chi connectivity index (χ0n) is 8.34. The highest BCUT2D eigenvalue weighted by molar-refractivity contribution is 7.13. The molecule has 0 fully saturated rings. The molecule has 0 saturated carbocycles. The fourth-order valence-electron chi connectivity index (χ4n) is 1.17. The first kappa shape index (κ1) is 9.86. The lowest BCUT2D eigenvalue weighted by Gasteiger charge is -1.97. The molecule has 3 nitrogen and oxygen atoms in total. The summed E-state index contributed by atoms with van der Waals surface area (Å²) in [5.74, 6) is 0. The van der Waals surface area contributed by atoms with Gasteiger partial charge in [-0.3, -0.25) is 5.43 Å². The van der Waals surface area contributed by atoms with Crippen LogP contribution < -0.4 is 5.43 Å². The van der Waals surface area contributed by atoms with E-state index in [1.165, 1.54) is 16.9 Å². The molecule has 4 heteroatoms. The number of rotatable bonds is 3. The SMILES string of the molecule is Cc1ccccc1/C=N\Nc1nccs1. The third-order valence-electron chi connectivity index (χ3n) is 1.98. The van der Waals surface area contributed by atoms with Crippen molar-refractivity contribution in [1.82, 2.24) is 4.98 Å². The molecule has 0 spiro atoms. The first-order chi connectivity index (χ1) is 7.36. The zero-order chi connectivity index (χ0) is 10.5. The molecule has 0 atom stereocenters. The van der Waals surface area contributed by atoms with Gasteiger partial charge in [-0.1, -0.05) is 24.3 Å². The van der Waals surface area contributed by atoms with Gasteiger partial charge in [0.2, 0.25) is 5.13 Å². The Morgan fingerprint density at radius 2 is 2.27 bits per heavy atom. The molecule has 0 aliphatic rings. The summed E-state index contributed by atoms with van der Waals surface area (Å²) in [7, 11) is 0. The van der Waals surface area contributed by atoms with Crippen LogP contribution in [0.4, 0.5) is 5.13 Å². The van der Waals surface area contributed by atoms with Crippen LogP contribution in [-0.2, 0) is 0 Å². The fourth-order valence-corrected chi connectivity index (χ4v) is 1.65. The Morgan fingerprint density at radius 1 is 1.40 bits per heavy atom. The zero-order valence-corrected chi connectivity index (χ0v) is 9.16. The van der Waals surface area contributed by atoms with Crippen molar-refractivity contribution >= 4 is 22.7 Å². The van der Waals surface area contributed by atoms with Gasteiger partial charge in [-0.15, -0.1) is 11.3 Å². The maximum absolute atomic E-state index is 4.12. The summed E-state index contributed by atoms with van der Waals surface area (Å²) >= 11 is 1.53. The number of benzene rings is 1. The van der Waals surface area contributed by atoms with Gasteiger partial charge < -0.3 is 0 Å². The lowest BCUT2D eigenvalue weighted by Crippen LogP contribution is -1.91. The average Bonchev–Trinajstić information content (AvgIpc) is 2.74. The molecule has 2 rings (SSSR count). The molecule has 0 aliphatic heterocycles. The van der Waals surface area contributed by atoms with Crippen LogP contribution in [0.1, 0.15) is 11.1 Å². The van der Waals surface area contributed by atoms with Crippen molar-refractivity contribution in [3.63, 3.8) is 0 Å². The topological polar surface area (TPSA) is 37.3 Å². The number of nitrogens with zero attached hydrogens (tertiary/aromatic N) is 2. The number of aromatic nitrogens is 1. The lowest BCUT2D eigenvalue weighted by atomic mass is 10.1. The van der Waals surface area contributed by atoms with Gasteiger partial charge in [0, 0.05) is 11.6 Å². The maximum Gasteiger partial charge on any atom is 0.203 e. The summed E-state index contributed by atoms with van der Waals surface area (Å²) in [6, 6.07) is 8.10. The van der Waals surface area contributed by atoms with E-state index >= 15 is 0 Å². The van der Waals surface area contributed by atoms with E-state index in [1.54, 1.807) is 12.4 Å². The summed E-state index contributed by atoms with van der Waals surface area (Å²) in [4.78, 5) is 4.06. The number of hydrazone groups is 1. The van der Waals surface area contributed by atoms with Crippen molar-refractivity contribution < 1.29 is 0 Å². The Hall–Kier alpha value is -1.68. The Labute approximate surface area is 92.5 Å². The van der Waals surface area contributed by atoms with Crippen LogP contribution in [0.3, 0.4) is 0 Å². The number of nitrogens with one attached hydrogen (secondary N) is 1. The number of anilines is 1. The van der Waals surface area contributed by atoms with Crippen LogP contribution in [0.2, 0.25) is 0 Å². The molecule has 0 saturated heterocycles. The Kier molecular flexibility index (Phi) is 3.09. The van der Waals surface area contributed by atoms with E-state index in [0.29, 0.717) is 0 Å². The van der Waals surface area contributed by atoms with Gasteiger partial charge >= 0.3 is 0 Å². The number of hydrogen-bond donors (Lipinski definition) is 1. The fraction of sp³-hybridized carbons (Fsp3) is 0.0909. The molecule has 76 valence electrons. The molecule has 15 heavy (non-hydrogen) atoms. The smallest absolute Gasteiger partial charge is 0.203 e. The molecule has 1 aromatic carbocycles. The highest BCUT2D eigenvalue weighted by Crippen LogP contribution is 2.10. The number of aryl methyl sites for hydroxylation is 1. The van der Waals surface area contributed by atoms with Gasteiger partial charge in [0.1, 0.15) is 0 Å². The van der Waals surface area contributed by atoms with Gasteiger partial charge in [0.15, 0.2) is 0 Å². The van der Waals surface area contributed by atoms with E-state index < -0.39 is 0 Å². The highest BCUT2D eigenvalue weighted by Gasteiger charge is 1.92. The van der Waals surface area contributed by atoms with Crippen LogP contribution in [0, 0.1) is 6.92 Å². The summed E-state index contributed by atoms with van der Waals surface area (Å²) in [5.41, 5.74) is 5.20. The summed E-state index contributed by atoms with van der Waals surface area (Å²) in [5, 5.41) is 6.83.